The van der Waals surface area contributed by atoms with Crippen molar-refractivity contribution in [1.82, 2.24) is 0 Å². The average Bonchev–Trinajstić information content (AvgIpc) is 1.61. The molecule has 0 unspecified atom stereocenters. The van der Waals surface area contributed by atoms with E-state index < -0.39 is 0 Å². The Balaban J connectivity index is 2.66. The molecule has 0 atom stereocenters. The van der Waals surface area contributed by atoms with Gasteiger partial charge in [-0.2, -0.15) is 0 Å². The van der Waals surface area contributed by atoms with Crippen molar-refractivity contribution in [3.8, 4) is 0 Å². The summed E-state index contributed by atoms with van der Waals surface area (Å²) in [6.07, 6.45) is 4.37. The molecule has 2 heteroatoms. The molecule has 0 heterocycles. The van der Waals surface area contributed by atoms with E-state index >= 15 is 0 Å². The van der Waals surface area contributed by atoms with Crippen LogP contribution in [0.5, 0.6) is 0 Å². The number of rotatable bonds is 2. The minimum atomic E-state index is 0.0729. The first-order chi connectivity index (χ1) is 2.91. The van der Waals surface area contributed by atoms with Gasteiger partial charge in [0, 0.05) is 0 Å². The summed E-state index contributed by atoms with van der Waals surface area (Å²) < 4.78 is 1.39. The van der Waals surface area contributed by atoms with Gasteiger partial charge in [0.2, 0.25) is 0 Å². The van der Waals surface area contributed by atoms with E-state index in [-0.39, 0.29) is 17.2 Å². The number of halogens is 1. The van der Waals surface area contributed by atoms with E-state index in [1.807, 2.05) is 0 Å². The van der Waals surface area contributed by atoms with E-state index in [1.165, 1.54) is 4.44 Å². The third-order valence-corrected chi connectivity index (χ3v) is 4.50. The van der Waals surface area contributed by atoms with Crippen LogP contribution in [0.3, 0.4) is 0 Å². The molecule has 0 aliphatic heterocycles. The summed E-state index contributed by atoms with van der Waals surface area (Å²) in [6.45, 7) is 2.08. The summed E-state index contributed by atoms with van der Waals surface area (Å²) in [5.41, 5.74) is 0. The van der Waals surface area contributed by atoms with Crippen molar-refractivity contribution in [3.05, 3.63) is 12.2 Å². The van der Waals surface area contributed by atoms with Gasteiger partial charge in [-0.15, -0.1) is 0 Å². The summed E-state index contributed by atoms with van der Waals surface area (Å²) in [5, 5.41) is 0. The maximum atomic E-state index is 2.53. The second-order valence-corrected chi connectivity index (χ2v) is 7.95. The Morgan fingerprint density at radius 1 is 1.83 bits per heavy atom. The second-order valence-electron chi connectivity index (χ2n) is 0.907. The molecular formula is C4H7ISn+2. The van der Waals surface area contributed by atoms with Crippen LogP contribution in [0, 0.1) is 0 Å². The van der Waals surface area contributed by atoms with Crippen LogP contribution in [-0.2, 0) is 0 Å². The van der Waals surface area contributed by atoms with Gasteiger partial charge in [0.05, 0.1) is 0 Å². The third-order valence-electron chi connectivity index (χ3n) is 0.431. The molecule has 0 bridgehead atoms. The van der Waals surface area contributed by atoms with Crippen molar-refractivity contribution in [2.45, 2.75) is 11.4 Å². The molecule has 0 fully saturated rings. The fourth-order valence-corrected chi connectivity index (χ4v) is 2.80. The molecule has 0 radical (unpaired) electrons. The molecule has 0 spiro atoms. The van der Waals surface area contributed by atoms with Crippen molar-refractivity contribution in [3.63, 3.8) is 0 Å². The fourth-order valence-electron chi connectivity index (χ4n) is 0.162. The Labute approximate surface area is 58.8 Å². The molecule has 0 aromatic carbocycles. The third kappa shape index (κ3) is 5.27. The maximum absolute atomic E-state index is 2.53. The van der Waals surface area contributed by atoms with Crippen LogP contribution in [0.15, 0.2) is 12.2 Å². The van der Waals surface area contributed by atoms with E-state index in [2.05, 4.69) is 37.7 Å². The van der Waals surface area contributed by atoms with Crippen LogP contribution in [-0.4, -0.2) is 17.2 Å². The topological polar surface area (TPSA) is 0 Å². The summed E-state index contributed by atoms with van der Waals surface area (Å²) >= 11 is 2.60. The van der Waals surface area contributed by atoms with E-state index in [9.17, 15) is 0 Å². The normalized spacial score (nSPS) is 9.00. The standard InChI is InChI=1S/C4H7.HI.Sn/c1-3-4-2;;/h3-4H,1H2,2H3;1H;/q;;+3/p-1/b4-3+;;. The van der Waals surface area contributed by atoms with E-state index in [4.69, 9.17) is 0 Å². The van der Waals surface area contributed by atoms with Gasteiger partial charge < -0.3 is 0 Å². The Morgan fingerprint density at radius 3 is 2.67 bits per heavy atom. The van der Waals surface area contributed by atoms with Crippen molar-refractivity contribution in [1.29, 1.82) is 0 Å². The zero-order valence-corrected chi connectivity index (χ0v) is 8.75. The van der Waals surface area contributed by atoms with Crippen LogP contribution in [0.4, 0.5) is 0 Å². The molecular weight excluding hydrogens is 294 g/mol. The monoisotopic (exact) mass is 302 g/mol. The molecule has 0 aromatic rings. The summed E-state index contributed by atoms with van der Waals surface area (Å²) in [6, 6.07) is 0. The minimum absolute atomic E-state index is 0.0729. The Bertz CT molecular complexity index is 42.8. The first-order valence-electron chi connectivity index (χ1n) is 1.86. The molecule has 0 rings (SSSR count). The number of hydrogen-bond donors (Lipinski definition) is 0. The van der Waals surface area contributed by atoms with E-state index in [0.29, 0.717) is 0 Å². The predicted molar refractivity (Wildman–Crippen MR) is 39.4 cm³/mol. The summed E-state index contributed by atoms with van der Waals surface area (Å²) in [4.78, 5) is 0. The molecule has 0 nitrogen and oxygen atoms in total. The molecule has 0 saturated heterocycles. The summed E-state index contributed by atoms with van der Waals surface area (Å²) in [7, 11) is 0. The molecule has 0 saturated carbocycles. The van der Waals surface area contributed by atoms with Gasteiger partial charge in [-0.1, -0.05) is 0 Å². The Hall–Kier alpha value is 1.27. The zero-order valence-electron chi connectivity index (χ0n) is 3.74. The van der Waals surface area contributed by atoms with Crippen LogP contribution < -0.4 is 0 Å². The van der Waals surface area contributed by atoms with Crippen molar-refractivity contribution in [2.75, 3.05) is 0 Å². The van der Waals surface area contributed by atoms with Gasteiger partial charge in [-0.05, 0) is 0 Å². The van der Waals surface area contributed by atoms with Gasteiger partial charge in [-0.3, -0.25) is 0 Å². The van der Waals surface area contributed by atoms with Gasteiger partial charge in [0.1, 0.15) is 0 Å². The molecule has 0 aromatic heterocycles. The first-order valence-corrected chi connectivity index (χ1v) is 12.2. The Morgan fingerprint density at radius 2 is 2.50 bits per heavy atom. The summed E-state index contributed by atoms with van der Waals surface area (Å²) in [5.74, 6) is 0. The van der Waals surface area contributed by atoms with Crippen molar-refractivity contribution in [2.24, 2.45) is 0 Å². The number of hydrogen-bond acceptors (Lipinski definition) is 0. The molecule has 0 aliphatic carbocycles. The predicted octanol–water partition coefficient (Wildman–Crippen LogP) is 2.04. The van der Waals surface area contributed by atoms with Crippen LogP contribution >= 0.6 is 18.6 Å². The van der Waals surface area contributed by atoms with Crippen molar-refractivity contribution < 1.29 is 0 Å². The van der Waals surface area contributed by atoms with E-state index in [0.717, 1.165) is 0 Å². The second kappa shape index (κ2) is 6.27. The SMILES string of the molecule is C/C=C/[CH2][Sn+2][I]. The van der Waals surface area contributed by atoms with Crippen LogP contribution in [0.1, 0.15) is 6.92 Å². The molecule has 0 amide bonds. The number of allylic oxidation sites excluding steroid dienone is 2. The zero-order chi connectivity index (χ0) is 4.83. The van der Waals surface area contributed by atoms with Crippen LogP contribution in [0.25, 0.3) is 0 Å². The Kier molecular flexibility index (Phi) is 7.59. The quantitative estimate of drug-likeness (QED) is 0.416. The van der Waals surface area contributed by atoms with E-state index in [1.54, 1.807) is 0 Å². The molecule has 0 aliphatic rings. The van der Waals surface area contributed by atoms with Crippen molar-refractivity contribution >= 4 is 35.8 Å². The first kappa shape index (κ1) is 7.27. The van der Waals surface area contributed by atoms with Gasteiger partial charge in [-0.25, -0.2) is 0 Å². The molecule has 0 N–H and O–H groups in total. The molecule has 6 heavy (non-hydrogen) atoms. The fraction of sp³-hybridized carbons (Fsp3) is 0.500. The van der Waals surface area contributed by atoms with Gasteiger partial charge in [0.15, 0.2) is 0 Å². The average molecular weight is 301 g/mol. The van der Waals surface area contributed by atoms with Gasteiger partial charge >= 0.3 is 59.3 Å². The van der Waals surface area contributed by atoms with Gasteiger partial charge in [0.25, 0.3) is 0 Å². The van der Waals surface area contributed by atoms with Crippen LogP contribution in [0.2, 0.25) is 4.44 Å². The molecule has 32 valence electrons.